The van der Waals surface area contributed by atoms with E-state index >= 15 is 0 Å². The van der Waals surface area contributed by atoms with E-state index in [1.165, 1.54) is 6.26 Å². The molecule has 25 heavy (non-hydrogen) atoms. The Hall–Kier alpha value is -3.12. The Labute approximate surface area is 146 Å². The molecule has 3 heteroatoms. The second-order valence-electron chi connectivity index (χ2n) is 6.42. The summed E-state index contributed by atoms with van der Waals surface area (Å²) in [6.07, 6.45) is 2.65. The molecule has 2 unspecified atom stereocenters. The van der Waals surface area contributed by atoms with Crippen molar-refractivity contribution in [1.29, 1.82) is 5.26 Å². The highest BCUT2D eigenvalue weighted by Gasteiger charge is 2.38. The van der Waals surface area contributed by atoms with E-state index in [4.69, 9.17) is 4.74 Å². The van der Waals surface area contributed by atoms with Gasteiger partial charge in [0.1, 0.15) is 12.0 Å². The summed E-state index contributed by atoms with van der Waals surface area (Å²) < 4.78 is 5.73. The minimum absolute atomic E-state index is 0.0739. The van der Waals surface area contributed by atoms with Gasteiger partial charge in [-0.25, -0.2) is 0 Å². The molecule has 1 heterocycles. The number of benzene rings is 2. The van der Waals surface area contributed by atoms with Crippen LogP contribution >= 0.6 is 0 Å². The third-order valence-corrected chi connectivity index (χ3v) is 4.93. The second-order valence-corrected chi connectivity index (χ2v) is 6.42. The number of carbonyl (C=O) groups is 1. The number of nitriles is 1. The smallest absolute Gasteiger partial charge is 0.163 e. The predicted molar refractivity (Wildman–Crippen MR) is 94.4 cm³/mol. The molecule has 1 aliphatic carbocycles. The highest BCUT2D eigenvalue weighted by molar-refractivity contribution is 6.00. The monoisotopic (exact) mass is 327 g/mol. The summed E-state index contributed by atoms with van der Waals surface area (Å²) >= 11 is 0. The van der Waals surface area contributed by atoms with Crippen LogP contribution in [0.25, 0.3) is 0 Å². The van der Waals surface area contributed by atoms with Crippen LogP contribution in [0, 0.1) is 11.3 Å². The average Bonchev–Trinajstić information content (AvgIpc) is 2.68. The molecule has 0 saturated carbocycles. The van der Waals surface area contributed by atoms with Crippen molar-refractivity contribution < 1.29 is 9.53 Å². The van der Waals surface area contributed by atoms with Gasteiger partial charge in [0.05, 0.1) is 17.6 Å². The maximum absolute atomic E-state index is 13.0. The SMILES string of the molecule is N#CC1=COC2=C(C(=O)CC(c3ccccc3)C2)C1c1ccccc1. The van der Waals surface area contributed by atoms with Crippen LogP contribution in [0.1, 0.15) is 35.8 Å². The zero-order valence-corrected chi connectivity index (χ0v) is 13.7. The summed E-state index contributed by atoms with van der Waals surface area (Å²) in [5.41, 5.74) is 3.24. The molecule has 2 aliphatic rings. The lowest BCUT2D eigenvalue weighted by atomic mass is 9.74. The van der Waals surface area contributed by atoms with Gasteiger partial charge in [-0.15, -0.1) is 0 Å². The molecule has 122 valence electrons. The molecule has 0 saturated heterocycles. The van der Waals surface area contributed by atoms with Crippen molar-refractivity contribution in [1.82, 2.24) is 0 Å². The standard InChI is InChI=1S/C22H17NO2/c23-13-18-14-25-20-12-17(15-7-3-1-4-8-15)11-19(24)22(20)21(18)16-9-5-2-6-10-16/h1-10,14,17,21H,11-12H2. The molecule has 0 aromatic heterocycles. The maximum Gasteiger partial charge on any atom is 0.163 e. The number of Topliss-reactive ketones (excluding diaryl/α,β-unsaturated/α-hetero) is 1. The fourth-order valence-corrected chi connectivity index (χ4v) is 3.73. The number of carbonyl (C=O) groups excluding carboxylic acids is 1. The van der Waals surface area contributed by atoms with Crippen molar-refractivity contribution in [3.8, 4) is 6.07 Å². The van der Waals surface area contributed by atoms with Crippen molar-refractivity contribution >= 4 is 5.78 Å². The molecule has 3 nitrogen and oxygen atoms in total. The van der Waals surface area contributed by atoms with Gasteiger partial charge in [0, 0.05) is 18.4 Å². The zero-order chi connectivity index (χ0) is 17.2. The highest BCUT2D eigenvalue weighted by Crippen LogP contribution is 2.45. The molecule has 0 amide bonds. The van der Waals surface area contributed by atoms with E-state index in [0.717, 1.165) is 11.1 Å². The van der Waals surface area contributed by atoms with Crippen LogP contribution in [0.15, 0.2) is 83.8 Å². The molecule has 4 rings (SSSR count). The van der Waals surface area contributed by atoms with Gasteiger partial charge in [0.25, 0.3) is 0 Å². The number of rotatable bonds is 2. The Kier molecular flexibility index (Phi) is 3.95. The molecule has 2 atom stereocenters. The summed E-state index contributed by atoms with van der Waals surface area (Å²) in [6, 6.07) is 22.0. The molecule has 0 spiro atoms. The van der Waals surface area contributed by atoms with Gasteiger partial charge < -0.3 is 4.74 Å². The summed E-state index contributed by atoms with van der Waals surface area (Å²) in [4.78, 5) is 13.0. The Morgan fingerprint density at radius 1 is 0.920 bits per heavy atom. The van der Waals surface area contributed by atoms with Crippen LogP contribution in [0.4, 0.5) is 0 Å². The Morgan fingerprint density at radius 2 is 1.56 bits per heavy atom. The van der Waals surface area contributed by atoms with Crippen molar-refractivity contribution in [3.05, 3.63) is 95.0 Å². The number of nitrogens with zero attached hydrogens (tertiary/aromatic N) is 1. The lowest BCUT2D eigenvalue weighted by Crippen LogP contribution is -2.26. The van der Waals surface area contributed by atoms with Crippen molar-refractivity contribution in [2.75, 3.05) is 0 Å². The largest absolute Gasteiger partial charge is 0.468 e. The van der Waals surface area contributed by atoms with Crippen molar-refractivity contribution in [3.63, 3.8) is 0 Å². The second kappa shape index (κ2) is 6.41. The Morgan fingerprint density at radius 3 is 2.20 bits per heavy atom. The van der Waals surface area contributed by atoms with Crippen LogP contribution in [0.3, 0.4) is 0 Å². The number of hydrogen-bond acceptors (Lipinski definition) is 3. The van der Waals surface area contributed by atoms with Gasteiger partial charge in [0.15, 0.2) is 5.78 Å². The molecular weight excluding hydrogens is 310 g/mol. The van der Waals surface area contributed by atoms with Crippen LogP contribution in [0.5, 0.6) is 0 Å². The third-order valence-electron chi connectivity index (χ3n) is 4.93. The van der Waals surface area contributed by atoms with Crippen LogP contribution in [0.2, 0.25) is 0 Å². The summed E-state index contributed by atoms with van der Waals surface area (Å²) in [6.45, 7) is 0. The molecule has 2 aromatic carbocycles. The quantitative estimate of drug-likeness (QED) is 0.809. The first kappa shape index (κ1) is 15.4. The van der Waals surface area contributed by atoms with Gasteiger partial charge >= 0.3 is 0 Å². The van der Waals surface area contributed by atoms with Gasteiger partial charge in [-0.1, -0.05) is 60.7 Å². The van der Waals surface area contributed by atoms with Gasteiger partial charge in [0.2, 0.25) is 0 Å². The Bertz CT molecular complexity index is 904. The molecule has 0 fully saturated rings. The topological polar surface area (TPSA) is 50.1 Å². The summed E-state index contributed by atoms with van der Waals surface area (Å²) in [7, 11) is 0. The van der Waals surface area contributed by atoms with E-state index in [1.54, 1.807) is 0 Å². The van der Waals surface area contributed by atoms with E-state index in [9.17, 15) is 10.1 Å². The maximum atomic E-state index is 13.0. The first-order valence-corrected chi connectivity index (χ1v) is 8.41. The number of hydrogen-bond donors (Lipinski definition) is 0. The number of allylic oxidation sites excluding steroid dienone is 3. The Balaban J connectivity index is 1.75. The molecule has 2 aromatic rings. The normalized spacial score (nSPS) is 22.5. The van der Waals surface area contributed by atoms with Crippen LogP contribution < -0.4 is 0 Å². The van der Waals surface area contributed by atoms with E-state index in [0.29, 0.717) is 29.7 Å². The van der Waals surface area contributed by atoms with Crippen LogP contribution in [-0.2, 0) is 9.53 Å². The first-order valence-electron chi connectivity index (χ1n) is 8.41. The van der Waals surface area contributed by atoms with Crippen LogP contribution in [-0.4, -0.2) is 5.78 Å². The molecule has 1 aliphatic heterocycles. The van der Waals surface area contributed by atoms with Gasteiger partial charge in [-0.2, -0.15) is 5.26 Å². The van der Waals surface area contributed by atoms with Gasteiger partial charge in [-0.3, -0.25) is 4.79 Å². The first-order chi connectivity index (χ1) is 12.3. The fraction of sp³-hybridized carbons (Fsp3) is 0.182. The minimum Gasteiger partial charge on any atom is -0.468 e. The van der Waals surface area contributed by atoms with E-state index < -0.39 is 0 Å². The van der Waals surface area contributed by atoms with Gasteiger partial charge in [-0.05, 0) is 17.0 Å². The third kappa shape index (κ3) is 2.77. The molecule has 0 bridgehead atoms. The van der Waals surface area contributed by atoms with E-state index in [2.05, 4.69) is 18.2 Å². The summed E-state index contributed by atoms with van der Waals surface area (Å²) in [5.74, 6) is 0.586. The lowest BCUT2D eigenvalue weighted by molar-refractivity contribution is -0.117. The van der Waals surface area contributed by atoms with E-state index in [-0.39, 0.29) is 17.6 Å². The van der Waals surface area contributed by atoms with E-state index in [1.807, 2.05) is 48.5 Å². The molecular formula is C22H17NO2. The lowest BCUT2D eigenvalue weighted by Gasteiger charge is -2.32. The molecule has 0 N–H and O–H groups in total. The minimum atomic E-state index is -0.320. The number of ketones is 1. The zero-order valence-electron chi connectivity index (χ0n) is 13.7. The summed E-state index contributed by atoms with van der Waals surface area (Å²) in [5, 5.41) is 9.50. The number of ether oxygens (including phenoxy) is 1. The van der Waals surface area contributed by atoms with Crippen molar-refractivity contribution in [2.45, 2.75) is 24.7 Å². The highest BCUT2D eigenvalue weighted by atomic mass is 16.5. The average molecular weight is 327 g/mol. The molecule has 0 radical (unpaired) electrons. The fourth-order valence-electron chi connectivity index (χ4n) is 3.73. The predicted octanol–water partition coefficient (Wildman–Crippen LogP) is 4.61. The van der Waals surface area contributed by atoms with Crippen molar-refractivity contribution in [2.24, 2.45) is 0 Å².